The number of hydrogen-bond acceptors (Lipinski definition) is 2. The molecule has 0 N–H and O–H groups in total. The number of allylic oxidation sites excluding steroid dienone is 2. The lowest BCUT2D eigenvalue weighted by molar-refractivity contribution is -0.0425. The van der Waals surface area contributed by atoms with Crippen LogP contribution in [0.5, 0.6) is 0 Å². The van der Waals surface area contributed by atoms with Gasteiger partial charge < -0.3 is 0 Å². The van der Waals surface area contributed by atoms with Crippen molar-refractivity contribution in [2.24, 2.45) is 0 Å². The summed E-state index contributed by atoms with van der Waals surface area (Å²) in [4.78, 5) is -0.514. The molecule has 0 aromatic heterocycles. The molecule has 0 amide bonds. The van der Waals surface area contributed by atoms with Crippen LogP contribution in [0.3, 0.4) is 0 Å². The van der Waals surface area contributed by atoms with Crippen LogP contribution < -0.4 is 0 Å². The number of halogens is 3. The van der Waals surface area contributed by atoms with E-state index in [-0.39, 0.29) is 6.42 Å². The van der Waals surface area contributed by atoms with Gasteiger partial charge in [0.25, 0.3) is 9.84 Å². The lowest BCUT2D eigenvalue weighted by Crippen LogP contribution is -2.21. The second-order valence-electron chi connectivity index (χ2n) is 1.82. The third kappa shape index (κ3) is 1.03. The molecule has 6 heteroatoms. The Morgan fingerprint density at radius 2 is 1.80 bits per heavy atom. The quantitative estimate of drug-likeness (QED) is 0.595. The Balaban J connectivity index is 3.00. The Hall–Kier alpha value is -0.520. The first-order valence-corrected chi connectivity index (χ1v) is 3.84. The fraction of sp³-hybridized carbons (Fsp3) is 0.500. The topological polar surface area (TPSA) is 34.1 Å². The van der Waals surface area contributed by atoms with Crippen LogP contribution in [-0.4, -0.2) is 13.9 Å². The Kier molecular flexibility index (Phi) is 1.33. The molecule has 0 aromatic carbocycles. The summed E-state index contributed by atoms with van der Waals surface area (Å²) < 4.78 is 54.9. The first kappa shape index (κ1) is 7.59. The van der Waals surface area contributed by atoms with Gasteiger partial charge in [-0.25, -0.2) is 8.42 Å². The van der Waals surface area contributed by atoms with E-state index in [4.69, 9.17) is 0 Å². The van der Waals surface area contributed by atoms with Gasteiger partial charge in [0.1, 0.15) is 0 Å². The lowest BCUT2D eigenvalue weighted by atomic mass is 10.9. The van der Waals surface area contributed by atoms with Gasteiger partial charge in [-0.15, -0.1) is 0 Å². The highest BCUT2D eigenvalue weighted by molar-refractivity contribution is 7.96. The molecule has 1 rings (SSSR count). The smallest absolute Gasteiger partial charge is 0.215 e. The summed E-state index contributed by atoms with van der Waals surface area (Å²) in [6, 6.07) is 0. The van der Waals surface area contributed by atoms with Gasteiger partial charge in [0.2, 0.25) is 0 Å². The van der Waals surface area contributed by atoms with Gasteiger partial charge in [0.05, 0.1) is 4.91 Å². The molecule has 0 saturated carbocycles. The molecule has 10 heavy (non-hydrogen) atoms. The Morgan fingerprint density at radius 1 is 1.40 bits per heavy atom. The summed E-state index contributed by atoms with van der Waals surface area (Å²) in [6.45, 7) is 0. The van der Waals surface area contributed by atoms with Gasteiger partial charge in [-0.3, -0.25) is 0 Å². The first-order valence-electron chi connectivity index (χ1n) is 2.36. The molecule has 0 aliphatic heterocycles. The zero-order valence-electron chi connectivity index (χ0n) is 4.64. The molecule has 0 bridgehead atoms. The monoisotopic (exact) mass is 172 g/mol. The minimum absolute atomic E-state index is 0.0537. The summed E-state index contributed by atoms with van der Waals surface area (Å²) in [5.41, 5.74) is -5.12. The van der Waals surface area contributed by atoms with Gasteiger partial charge >= 0.3 is 5.51 Å². The first-order chi connectivity index (χ1) is 4.36. The van der Waals surface area contributed by atoms with Gasteiger partial charge in [0, 0.05) is 6.42 Å². The Bertz CT molecular complexity index is 271. The van der Waals surface area contributed by atoms with Crippen LogP contribution in [0, 0.1) is 0 Å². The molecule has 2 nitrogen and oxygen atoms in total. The van der Waals surface area contributed by atoms with E-state index < -0.39 is 20.3 Å². The molecular formula is C4H3F3O2S. The zero-order chi connectivity index (χ0) is 7.99. The van der Waals surface area contributed by atoms with Gasteiger partial charge in [-0.2, -0.15) is 13.2 Å². The van der Waals surface area contributed by atoms with Gasteiger partial charge in [-0.1, -0.05) is 6.08 Å². The maximum Gasteiger partial charge on any atom is 0.501 e. The molecule has 1 aliphatic carbocycles. The van der Waals surface area contributed by atoms with Crippen molar-refractivity contribution < 1.29 is 21.6 Å². The Morgan fingerprint density at radius 3 is 1.90 bits per heavy atom. The number of alkyl halides is 3. The largest absolute Gasteiger partial charge is 0.501 e. The predicted octanol–water partition coefficient (Wildman–Crippen LogP) is 1.21. The molecule has 0 saturated heterocycles. The molecule has 0 unspecified atom stereocenters. The molecule has 0 atom stereocenters. The van der Waals surface area contributed by atoms with Crippen LogP contribution in [0.25, 0.3) is 0 Å². The second kappa shape index (κ2) is 1.75. The third-order valence-electron chi connectivity index (χ3n) is 1.02. The van der Waals surface area contributed by atoms with Crippen molar-refractivity contribution in [3.63, 3.8) is 0 Å². The fourth-order valence-corrected chi connectivity index (χ4v) is 1.23. The SMILES string of the molecule is O=S(=O)(C1=CC1)C(F)(F)F. The van der Waals surface area contributed by atoms with Crippen molar-refractivity contribution in [2.45, 2.75) is 11.9 Å². The van der Waals surface area contributed by atoms with E-state index in [2.05, 4.69) is 0 Å². The van der Waals surface area contributed by atoms with Crippen LogP contribution in [0.4, 0.5) is 13.2 Å². The number of sulfone groups is 1. The summed E-state index contributed by atoms with van der Waals surface area (Å²) in [7, 11) is -4.94. The zero-order valence-corrected chi connectivity index (χ0v) is 5.46. The highest BCUT2D eigenvalue weighted by Crippen LogP contribution is 2.37. The summed E-state index contributed by atoms with van der Waals surface area (Å²) >= 11 is 0. The van der Waals surface area contributed by atoms with Crippen molar-refractivity contribution in [3.05, 3.63) is 11.0 Å². The van der Waals surface area contributed by atoms with Gasteiger partial charge in [-0.05, 0) is 0 Å². The van der Waals surface area contributed by atoms with E-state index >= 15 is 0 Å². The standard InChI is InChI=1S/C4H3F3O2S/c5-4(6,7)10(8,9)3-1-2-3/h1H,2H2. The highest BCUT2D eigenvalue weighted by Gasteiger charge is 2.50. The molecular weight excluding hydrogens is 169 g/mol. The minimum Gasteiger partial charge on any atom is -0.215 e. The Labute approximate surface area is 55.3 Å². The van der Waals surface area contributed by atoms with E-state index in [9.17, 15) is 21.6 Å². The molecule has 0 radical (unpaired) electrons. The predicted molar refractivity (Wildman–Crippen MR) is 27.7 cm³/mol. The number of rotatable bonds is 1. The second-order valence-corrected chi connectivity index (χ2v) is 3.82. The van der Waals surface area contributed by atoms with Crippen molar-refractivity contribution in [2.75, 3.05) is 0 Å². The maximum absolute atomic E-state index is 11.5. The van der Waals surface area contributed by atoms with Crippen molar-refractivity contribution >= 4 is 9.84 Å². The van der Waals surface area contributed by atoms with Crippen LogP contribution in [0.1, 0.15) is 6.42 Å². The minimum atomic E-state index is -5.12. The highest BCUT2D eigenvalue weighted by atomic mass is 32.2. The van der Waals surface area contributed by atoms with Crippen molar-refractivity contribution in [3.8, 4) is 0 Å². The molecule has 0 aromatic rings. The van der Waals surface area contributed by atoms with Crippen LogP contribution in [0.2, 0.25) is 0 Å². The average molecular weight is 172 g/mol. The van der Waals surface area contributed by atoms with E-state index in [0.29, 0.717) is 0 Å². The molecule has 58 valence electrons. The van der Waals surface area contributed by atoms with Gasteiger partial charge in [0.15, 0.2) is 0 Å². The van der Waals surface area contributed by atoms with E-state index in [1.807, 2.05) is 0 Å². The molecule has 1 aliphatic rings. The number of hydrogen-bond donors (Lipinski definition) is 0. The van der Waals surface area contributed by atoms with Crippen molar-refractivity contribution in [1.82, 2.24) is 0 Å². The molecule has 0 spiro atoms. The van der Waals surface area contributed by atoms with E-state index in [1.54, 1.807) is 0 Å². The summed E-state index contributed by atoms with van der Waals surface area (Å²) in [5, 5.41) is 0. The normalized spacial score (nSPS) is 18.5. The molecule has 0 fully saturated rings. The van der Waals surface area contributed by atoms with E-state index in [0.717, 1.165) is 6.08 Å². The van der Waals surface area contributed by atoms with Crippen LogP contribution >= 0.6 is 0 Å². The van der Waals surface area contributed by atoms with E-state index in [1.165, 1.54) is 0 Å². The fourth-order valence-electron chi connectivity index (χ4n) is 0.410. The summed E-state index contributed by atoms with van der Waals surface area (Å²) in [5.74, 6) is 0. The average Bonchev–Trinajstić information content (AvgIpc) is 2.38. The van der Waals surface area contributed by atoms with Crippen molar-refractivity contribution in [1.29, 1.82) is 0 Å². The summed E-state index contributed by atoms with van der Waals surface area (Å²) in [6.07, 6.45) is 0.977. The maximum atomic E-state index is 11.5. The molecule has 0 heterocycles. The van der Waals surface area contributed by atoms with Crippen LogP contribution in [-0.2, 0) is 9.84 Å². The van der Waals surface area contributed by atoms with Crippen LogP contribution in [0.15, 0.2) is 11.0 Å². The lowest BCUT2D eigenvalue weighted by Gasteiger charge is -2.02. The third-order valence-corrected chi connectivity index (χ3v) is 2.65.